The quantitative estimate of drug-likeness (QED) is 0.823. The molecule has 0 aromatic heterocycles. The average molecular weight is 306 g/mol. The summed E-state index contributed by atoms with van der Waals surface area (Å²) >= 11 is 0. The average Bonchev–Trinajstić information content (AvgIpc) is 2.33. The van der Waals surface area contributed by atoms with Crippen LogP contribution in [0.3, 0.4) is 0 Å². The first-order chi connectivity index (χ1) is 9.15. The first kappa shape index (κ1) is 16.5. The Balaban J connectivity index is 3.18. The molecule has 0 heterocycles. The smallest absolute Gasteiger partial charge is 0.320 e. The number of nitrogens with two attached hydrogens (primary N) is 1. The monoisotopic (exact) mass is 306 g/mol. The number of alkyl halides is 3. The Morgan fingerprint density at radius 3 is 2.55 bits per heavy atom. The second-order valence-electron chi connectivity index (χ2n) is 3.95. The zero-order chi connectivity index (χ0) is 15.4. The van der Waals surface area contributed by atoms with E-state index >= 15 is 0 Å². The molecule has 0 atom stereocenters. The first-order valence-electron chi connectivity index (χ1n) is 5.52. The number of nitrogens with one attached hydrogen (secondary N) is 1. The van der Waals surface area contributed by atoms with Crippen molar-refractivity contribution in [2.24, 2.45) is 5.73 Å². The molecule has 0 fully saturated rings. The van der Waals surface area contributed by atoms with Gasteiger partial charge in [0.05, 0.1) is 11.4 Å². The Kier molecular flexibility index (Phi) is 5.16. The highest BCUT2D eigenvalue weighted by atomic mass is 32.2. The van der Waals surface area contributed by atoms with Gasteiger partial charge in [0.2, 0.25) is 10.0 Å². The highest BCUT2D eigenvalue weighted by Gasteiger charge is 2.30. The Labute approximate surface area is 115 Å². The molecule has 0 radical (unpaired) electrons. The summed E-state index contributed by atoms with van der Waals surface area (Å²) in [5, 5.41) is 0. The van der Waals surface area contributed by atoms with E-state index in [9.17, 15) is 21.6 Å². The number of hydrogen-bond donors (Lipinski definition) is 2. The van der Waals surface area contributed by atoms with Gasteiger partial charge in [0.1, 0.15) is 6.54 Å². The Hall–Kier alpha value is -1.56. The standard InChI is InChI=1S/C12H13F3N2O2S/c1-9-4-5-11(10(7-9)3-2-6-16)20(18,19)17-8-12(13,14)15/h4-5,7,17H,6,8,16H2,1H3. The van der Waals surface area contributed by atoms with E-state index in [1.54, 1.807) is 6.92 Å². The fourth-order valence-electron chi connectivity index (χ4n) is 1.38. The molecular weight excluding hydrogens is 293 g/mol. The first-order valence-corrected chi connectivity index (χ1v) is 7.00. The van der Waals surface area contributed by atoms with Crippen molar-refractivity contribution >= 4 is 10.0 Å². The molecule has 0 saturated carbocycles. The zero-order valence-corrected chi connectivity index (χ0v) is 11.4. The molecule has 1 aromatic carbocycles. The van der Waals surface area contributed by atoms with Crippen LogP contribution in [0.25, 0.3) is 0 Å². The predicted octanol–water partition coefficient (Wildman–Crippen LogP) is 1.15. The molecule has 0 aliphatic carbocycles. The van der Waals surface area contributed by atoms with Gasteiger partial charge in [-0.3, -0.25) is 0 Å². The summed E-state index contributed by atoms with van der Waals surface area (Å²) < 4.78 is 61.5. The minimum absolute atomic E-state index is 0.0173. The molecule has 0 aliphatic rings. The highest BCUT2D eigenvalue weighted by Crippen LogP contribution is 2.19. The minimum Gasteiger partial charge on any atom is -0.320 e. The van der Waals surface area contributed by atoms with Gasteiger partial charge in [-0.2, -0.15) is 13.2 Å². The Morgan fingerprint density at radius 2 is 2.00 bits per heavy atom. The summed E-state index contributed by atoms with van der Waals surface area (Å²) in [6.45, 7) is 0.101. The topological polar surface area (TPSA) is 72.2 Å². The largest absolute Gasteiger partial charge is 0.402 e. The molecule has 1 rings (SSSR count). The summed E-state index contributed by atoms with van der Waals surface area (Å²) in [5.74, 6) is 5.02. The summed E-state index contributed by atoms with van der Waals surface area (Å²) in [5.41, 5.74) is 6.05. The lowest BCUT2D eigenvalue weighted by atomic mass is 10.1. The number of rotatable bonds is 3. The molecule has 1 aromatic rings. The van der Waals surface area contributed by atoms with Gasteiger partial charge in [0.15, 0.2) is 0 Å². The second kappa shape index (κ2) is 6.26. The van der Waals surface area contributed by atoms with E-state index in [2.05, 4.69) is 11.8 Å². The van der Waals surface area contributed by atoms with Gasteiger partial charge in [0, 0.05) is 5.56 Å². The van der Waals surface area contributed by atoms with Crippen LogP contribution in [0.15, 0.2) is 23.1 Å². The van der Waals surface area contributed by atoms with Crippen LogP contribution < -0.4 is 10.5 Å². The van der Waals surface area contributed by atoms with E-state index in [-0.39, 0.29) is 17.0 Å². The molecule has 3 N–H and O–H groups in total. The van der Waals surface area contributed by atoms with Crippen LogP contribution in [-0.2, 0) is 10.0 Å². The lowest BCUT2D eigenvalue weighted by molar-refractivity contribution is -0.121. The van der Waals surface area contributed by atoms with Crippen LogP contribution in [0.5, 0.6) is 0 Å². The van der Waals surface area contributed by atoms with Crippen molar-refractivity contribution < 1.29 is 21.6 Å². The Bertz CT molecular complexity index is 643. The molecule has 110 valence electrons. The lowest BCUT2D eigenvalue weighted by Crippen LogP contribution is -2.34. The lowest BCUT2D eigenvalue weighted by Gasteiger charge is -2.11. The van der Waals surface area contributed by atoms with Gasteiger partial charge in [-0.05, 0) is 24.6 Å². The molecule has 0 aliphatic heterocycles. The van der Waals surface area contributed by atoms with Gasteiger partial charge in [-0.15, -0.1) is 0 Å². The fourth-order valence-corrected chi connectivity index (χ4v) is 2.53. The van der Waals surface area contributed by atoms with Crippen molar-refractivity contribution in [3.05, 3.63) is 29.3 Å². The van der Waals surface area contributed by atoms with E-state index in [4.69, 9.17) is 5.73 Å². The van der Waals surface area contributed by atoms with E-state index in [0.717, 1.165) is 5.56 Å². The predicted molar refractivity (Wildman–Crippen MR) is 68.4 cm³/mol. The number of benzene rings is 1. The second-order valence-corrected chi connectivity index (χ2v) is 5.68. The van der Waals surface area contributed by atoms with Gasteiger partial charge in [0.25, 0.3) is 0 Å². The molecular formula is C12H13F3N2O2S. The van der Waals surface area contributed by atoms with Crippen molar-refractivity contribution in [1.29, 1.82) is 0 Å². The summed E-state index contributed by atoms with van der Waals surface area (Å²) in [7, 11) is -4.28. The van der Waals surface area contributed by atoms with Crippen LogP contribution >= 0.6 is 0 Å². The van der Waals surface area contributed by atoms with E-state index in [1.165, 1.54) is 22.9 Å². The number of aryl methyl sites for hydroxylation is 1. The van der Waals surface area contributed by atoms with Crippen LogP contribution in [0.1, 0.15) is 11.1 Å². The molecule has 20 heavy (non-hydrogen) atoms. The fraction of sp³-hybridized carbons (Fsp3) is 0.333. The summed E-state index contributed by atoms with van der Waals surface area (Å²) in [6.07, 6.45) is -4.62. The van der Waals surface area contributed by atoms with Crippen LogP contribution in [0.4, 0.5) is 13.2 Å². The van der Waals surface area contributed by atoms with E-state index in [0.29, 0.717) is 0 Å². The van der Waals surface area contributed by atoms with Gasteiger partial charge in [-0.25, -0.2) is 13.1 Å². The number of halogens is 3. The molecule has 4 nitrogen and oxygen atoms in total. The van der Waals surface area contributed by atoms with Crippen LogP contribution in [-0.4, -0.2) is 27.7 Å². The van der Waals surface area contributed by atoms with Crippen LogP contribution in [0.2, 0.25) is 0 Å². The maximum absolute atomic E-state index is 12.1. The van der Waals surface area contributed by atoms with Gasteiger partial charge in [-0.1, -0.05) is 17.9 Å². The van der Waals surface area contributed by atoms with Crippen LogP contribution in [0, 0.1) is 18.8 Å². The third-order valence-corrected chi connectivity index (χ3v) is 3.67. The molecule has 8 heteroatoms. The summed E-state index contributed by atoms with van der Waals surface area (Å²) in [4.78, 5) is -0.298. The molecule has 0 bridgehead atoms. The number of sulfonamides is 1. The molecule has 0 unspecified atom stereocenters. The van der Waals surface area contributed by atoms with E-state index in [1.807, 2.05) is 0 Å². The van der Waals surface area contributed by atoms with Crippen molar-refractivity contribution in [2.45, 2.75) is 18.0 Å². The SMILES string of the molecule is Cc1ccc(S(=O)(=O)NCC(F)(F)F)c(C#CCN)c1. The van der Waals surface area contributed by atoms with Gasteiger partial charge < -0.3 is 5.73 Å². The molecule has 0 spiro atoms. The molecule has 0 amide bonds. The van der Waals surface area contributed by atoms with Crippen molar-refractivity contribution in [1.82, 2.24) is 4.72 Å². The third kappa shape index (κ3) is 4.85. The van der Waals surface area contributed by atoms with Gasteiger partial charge >= 0.3 is 6.18 Å². The van der Waals surface area contributed by atoms with Crippen molar-refractivity contribution in [3.8, 4) is 11.8 Å². The molecule has 0 saturated heterocycles. The highest BCUT2D eigenvalue weighted by molar-refractivity contribution is 7.89. The zero-order valence-electron chi connectivity index (χ0n) is 10.6. The summed E-state index contributed by atoms with van der Waals surface area (Å²) in [6, 6.07) is 4.18. The van der Waals surface area contributed by atoms with Crippen molar-refractivity contribution in [3.63, 3.8) is 0 Å². The maximum atomic E-state index is 12.1. The van der Waals surface area contributed by atoms with Crippen molar-refractivity contribution in [2.75, 3.05) is 13.1 Å². The normalized spacial score (nSPS) is 11.8. The Morgan fingerprint density at radius 1 is 1.35 bits per heavy atom. The van der Waals surface area contributed by atoms with E-state index < -0.39 is 22.7 Å². The minimum atomic E-state index is -4.62. The number of hydrogen-bond acceptors (Lipinski definition) is 3. The maximum Gasteiger partial charge on any atom is 0.402 e. The third-order valence-electron chi connectivity index (χ3n) is 2.21.